The summed E-state index contributed by atoms with van der Waals surface area (Å²) < 4.78 is 5.58. The molecule has 0 saturated heterocycles. The van der Waals surface area contributed by atoms with E-state index in [1.165, 1.54) is 0 Å². The van der Waals surface area contributed by atoms with Crippen LogP contribution in [0.15, 0.2) is 89.9 Å². The first-order chi connectivity index (χ1) is 14.2. The normalized spacial score (nSPS) is 10.5. The third kappa shape index (κ3) is 4.16. The number of nitrogens with one attached hydrogen (secondary N) is 1. The van der Waals surface area contributed by atoms with Crippen molar-refractivity contribution in [2.75, 3.05) is 4.90 Å². The zero-order valence-electron chi connectivity index (χ0n) is 15.9. The molecule has 2 aromatic carbocycles. The van der Waals surface area contributed by atoms with Crippen LogP contribution in [0.3, 0.4) is 0 Å². The minimum absolute atomic E-state index is 0.105. The molecule has 1 N–H and O–H groups in total. The van der Waals surface area contributed by atoms with Gasteiger partial charge in [0.25, 0.3) is 5.91 Å². The molecule has 0 aliphatic heterocycles. The SMILES string of the molecule is Cc1ccc(CNC(=O)c2ccccc2)cc1N(c1ccncc1)c1ncco1. The zero-order valence-corrected chi connectivity index (χ0v) is 15.9. The number of benzene rings is 2. The van der Waals surface area contributed by atoms with Crippen molar-refractivity contribution in [1.82, 2.24) is 15.3 Å². The molecule has 0 radical (unpaired) electrons. The minimum atomic E-state index is -0.105. The van der Waals surface area contributed by atoms with Crippen molar-refractivity contribution in [3.8, 4) is 0 Å². The predicted octanol–water partition coefficient (Wildman–Crippen LogP) is 4.78. The van der Waals surface area contributed by atoms with Gasteiger partial charge in [-0.05, 0) is 48.4 Å². The van der Waals surface area contributed by atoms with Crippen LogP contribution in [-0.4, -0.2) is 15.9 Å². The summed E-state index contributed by atoms with van der Waals surface area (Å²) >= 11 is 0. The van der Waals surface area contributed by atoms with Gasteiger partial charge < -0.3 is 9.73 Å². The summed E-state index contributed by atoms with van der Waals surface area (Å²) in [6.45, 7) is 2.44. The maximum Gasteiger partial charge on any atom is 0.306 e. The van der Waals surface area contributed by atoms with Crippen LogP contribution in [0, 0.1) is 6.92 Å². The molecule has 2 heterocycles. The number of aryl methyl sites for hydroxylation is 1. The average Bonchev–Trinajstić information content (AvgIpc) is 3.30. The molecule has 4 rings (SSSR count). The fourth-order valence-electron chi connectivity index (χ4n) is 3.05. The van der Waals surface area contributed by atoms with E-state index >= 15 is 0 Å². The number of pyridine rings is 1. The van der Waals surface area contributed by atoms with Crippen molar-refractivity contribution in [2.45, 2.75) is 13.5 Å². The molecule has 1 amide bonds. The molecule has 29 heavy (non-hydrogen) atoms. The molecule has 0 aliphatic rings. The van der Waals surface area contributed by atoms with Crippen molar-refractivity contribution < 1.29 is 9.21 Å². The summed E-state index contributed by atoms with van der Waals surface area (Å²) in [6.07, 6.45) is 6.61. The van der Waals surface area contributed by atoms with E-state index in [0.717, 1.165) is 22.5 Å². The highest BCUT2D eigenvalue weighted by atomic mass is 16.4. The van der Waals surface area contributed by atoms with E-state index < -0.39 is 0 Å². The molecule has 2 aromatic heterocycles. The van der Waals surface area contributed by atoms with Gasteiger partial charge in [0.1, 0.15) is 6.26 Å². The minimum Gasteiger partial charge on any atom is -0.432 e. The summed E-state index contributed by atoms with van der Waals surface area (Å²) in [6, 6.07) is 19.5. The molecular formula is C23H20N4O2. The van der Waals surface area contributed by atoms with Gasteiger partial charge in [0.2, 0.25) is 0 Å². The van der Waals surface area contributed by atoms with Crippen LogP contribution in [0.5, 0.6) is 0 Å². The van der Waals surface area contributed by atoms with Crippen LogP contribution in [0.1, 0.15) is 21.5 Å². The number of aromatic nitrogens is 2. The Labute approximate surface area is 168 Å². The fraction of sp³-hybridized carbons (Fsp3) is 0.0870. The molecule has 0 spiro atoms. The third-order valence-electron chi connectivity index (χ3n) is 4.53. The molecule has 144 valence electrons. The van der Waals surface area contributed by atoms with Crippen LogP contribution < -0.4 is 10.2 Å². The topological polar surface area (TPSA) is 71.3 Å². The quantitative estimate of drug-likeness (QED) is 0.518. The van der Waals surface area contributed by atoms with Crippen LogP contribution >= 0.6 is 0 Å². The molecule has 6 heteroatoms. The van der Waals surface area contributed by atoms with E-state index in [-0.39, 0.29) is 5.91 Å². The second-order valence-electron chi connectivity index (χ2n) is 6.53. The first-order valence-corrected chi connectivity index (χ1v) is 9.25. The Morgan fingerprint density at radius 1 is 1.03 bits per heavy atom. The van der Waals surface area contributed by atoms with Crippen LogP contribution in [0.4, 0.5) is 17.4 Å². The monoisotopic (exact) mass is 384 g/mol. The first-order valence-electron chi connectivity index (χ1n) is 9.25. The van der Waals surface area contributed by atoms with Crippen LogP contribution in [0.25, 0.3) is 0 Å². The lowest BCUT2D eigenvalue weighted by atomic mass is 10.1. The molecule has 4 aromatic rings. The lowest BCUT2D eigenvalue weighted by Gasteiger charge is -2.23. The number of hydrogen-bond acceptors (Lipinski definition) is 5. The van der Waals surface area contributed by atoms with Crippen LogP contribution in [0.2, 0.25) is 0 Å². The molecule has 0 fully saturated rings. The van der Waals surface area contributed by atoms with Gasteiger partial charge in [-0.25, -0.2) is 4.98 Å². The summed E-state index contributed by atoms with van der Waals surface area (Å²) in [5.74, 6) is -0.105. The lowest BCUT2D eigenvalue weighted by Crippen LogP contribution is -2.23. The van der Waals surface area contributed by atoms with Crippen molar-refractivity contribution >= 4 is 23.3 Å². The lowest BCUT2D eigenvalue weighted by molar-refractivity contribution is 0.0951. The van der Waals surface area contributed by atoms with E-state index in [2.05, 4.69) is 15.3 Å². The van der Waals surface area contributed by atoms with E-state index in [1.807, 2.05) is 60.4 Å². The highest BCUT2D eigenvalue weighted by Crippen LogP contribution is 2.35. The Kier molecular flexibility index (Phi) is 5.33. The van der Waals surface area contributed by atoms with Crippen molar-refractivity contribution in [2.24, 2.45) is 0 Å². The Morgan fingerprint density at radius 3 is 2.55 bits per heavy atom. The summed E-state index contributed by atoms with van der Waals surface area (Å²) in [4.78, 5) is 22.7. The number of rotatable bonds is 6. The second-order valence-corrected chi connectivity index (χ2v) is 6.53. The zero-order chi connectivity index (χ0) is 20.1. The van der Waals surface area contributed by atoms with Crippen molar-refractivity contribution in [1.29, 1.82) is 0 Å². The third-order valence-corrected chi connectivity index (χ3v) is 4.53. The first kappa shape index (κ1) is 18.4. The average molecular weight is 384 g/mol. The molecule has 0 saturated carbocycles. The molecule has 0 aliphatic carbocycles. The predicted molar refractivity (Wildman–Crippen MR) is 111 cm³/mol. The van der Waals surface area contributed by atoms with Gasteiger partial charge in [-0.3, -0.25) is 14.7 Å². The number of oxazole rings is 1. The summed E-state index contributed by atoms with van der Waals surface area (Å²) in [5, 5.41) is 2.97. The Hall–Kier alpha value is -3.93. The number of carbonyl (C=O) groups excluding carboxylic acids is 1. The number of anilines is 3. The molecule has 0 bridgehead atoms. The number of nitrogens with zero attached hydrogens (tertiary/aromatic N) is 3. The van der Waals surface area contributed by atoms with Gasteiger partial charge in [0, 0.05) is 24.5 Å². The van der Waals surface area contributed by atoms with Gasteiger partial charge in [0.05, 0.1) is 17.6 Å². The van der Waals surface area contributed by atoms with Gasteiger partial charge in [0.15, 0.2) is 0 Å². The molecule has 0 unspecified atom stereocenters. The smallest absolute Gasteiger partial charge is 0.306 e. The molecule has 6 nitrogen and oxygen atoms in total. The second kappa shape index (κ2) is 8.39. The van der Waals surface area contributed by atoms with E-state index in [9.17, 15) is 4.79 Å². The maximum atomic E-state index is 12.4. The standard InChI is InChI=1S/C23H20N4O2/c1-17-7-8-18(16-26-22(28)19-5-3-2-4-6-19)15-21(17)27(23-25-13-14-29-23)20-9-11-24-12-10-20/h2-15H,16H2,1H3,(H,26,28). The van der Waals surface area contributed by atoms with Gasteiger partial charge in [-0.1, -0.05) is 30.3 Å². The number of hydrogen-bond donors (Lipinski definition) is 1. The number of amides is 1. The van der Waals surface area contributed by atoms with E-state index in [1.54, 1.807) is 37.0 Å². The van der Waals surface area contributed by atoms with Crippen LogP contribution in [-0.2, 0) is 6.54 Å². The largest absolute Gasteiger partial charge is 0.432 e. The Morgan fingerprint density at radius 2 is 1.83 bits per heavy atom. The molecule has 0 atom stereocenters. The summed E-state index contributed by atoms with van der Waals surface area (Å²) in [5.41, 5.74) is 4.47. The van der Waals surface area contributed by atoms with Gasteiger partial charge in [-0.2, -0.15) is 0 Å². The fourth-order valence-corrected chi connectivity index (χ4v) is 3.05. The van der Waals surface area contributed by atoms with Gasteiger partial charge in [-0.15, -0.1) is 0 Å². The van der Waals surface area contributed by atoms with E-state index in [4.69, 9.17) is 4.42 Å². The Balaban J connectivity index is 1.62. The molecular weight excluding hydrogens is 364 g/mol. The summed E-state index contributed by atoms with van der Waals surface area (Å²) in [7, 11) is 0. The van der Waals surface area contributed by atoms with Crippen molar-refractivity contribution in [3.63, 3.8) is 0 Å². The highest BCUT2D eigenvalue weighted by Gasteiger charge is 2.18. The highest BCUT2D eigenvalue weighted by molar-refractivity contribution is 5.94. The number of carbonyl (C=O) groups is 1. The maximum absolute atomic E-state index is 12.4. The van der Waals surface area contributed by atoms with Crippen molar-refractivity contribution in [3.05, 3.63) is 102 Å². The van der Waals surface area contributed by atoms with E-state index in [0.29, 0.717) is 18.1 Å². The Bertz CT molecular complexity index is 1080. The van der Waals surface area contributed by atoms with Gasteiger partial charge >= 0.3 is 6.01 Å².